The second kappa shape index (κ2) is 7.21. The smallest absolute Gasteiger partial charge is 0.0636 e. The van der Waals surface area contributed by atoms with Crippen LogP contribution in [-0.4, -0.2) is 24.9 Å². The van der Waals surface area contributed by atoms with Gasteiger partial charge in [-0.25, -0.2) is 0 Å². The lowest BCUT2D eigenvalue weighted by Crippen LogP contribution is -2.49. The second-order valence-electron chi connectivity index (χ2n) is 8.70. The maximum absolute atomic E-state index is 6.46. The van der Waals surface area contributed by atoms with Crippen molar-refractivity contribution in [1.29, 1.82) is 0 Å². The Morgan fingerprint density at radius 3 is 2.32 bits per heavy atom. The van der Waals surface area contributed by atoms with E-state index in [1.165, 1.54) is 44.9 Å². The third-order valence-corrected chi connectivity index (χ3v) is 6.95. The molecular weight excluding hydrogens is 272 g/mol. The number of rotatable bonds is 3. The molecular formula is C20H36O2. The molecule has 0 radical (unpaired) electrons. The largest absolute Gasteiger partial charge is 0.378 e. The highest BCUT2D eigenvalue weighted by molar-refractivity contribution is 4.93. The molecule has 1 saturated heterocycles. The van der Waals surface area contributed by atoms with Gasteiger partial charge >= 0.3 is 0 Å². The van der Waals surface area contributed by atoms with Crippen molar-refractivity contribution in [2.24, 2.45) is 29.6 Å². The van der Waals surface area contributed by atoms with Crippen molar-refractivity contribution in [3.8, 4) is 0 Å². The molecule has 0 N–H and O–H groups in total. The van der Waals surface area contributed by atoms with E-state index in [1.54, 1.807) is 0 Å². The van der Waals surface area contributed by atoms with Gasteiger partial charge < -0.3 is 9.47 Å². The van der Waals surface area contributed by atoms with Crippen LogP contribution in [0.1, 0.15) is 72.6 Å². The zero-order chi connectivity index (χ0) is 15.7. The standard InChI is InChI=1S/C20H36O2/c1-13-5-8-17(9-6-13)12-21-19-11-18-10-7-14(2)22-20(18)16(4)15(19)3/h13-20H,5-12H2,1-4H3. The molecule has 0 spiro atoms. The zero-order valence-corrected chi connectivity index (χ0v) is 15.1. The van der Waals surface area contributed by atoms with Gasteiger partial charge in [-0.05, 0) is 68.6 Å². The summed E-state index contributed by atoms with van der Waals surface area (Å²) in [5.41, 5.74) is 0. The molecule has 0 amide bonds. The Morgan fingerprint density at radius 2 is 1.59 bits per heavy atom. The van der Waals surface area contributed by atoms with Gasteiger partial charge in [-0.15, -0.1) is 0 Å². The van der Waals surface area contributed by atoms with Crippen LogP contribution in [0.2, 0.25) is 0 Å². The minimum Gasteiger partial charge on any atom is -0.378 e. The molecule has 128 valence electrons. The Hall–Kier alpha value is -0.0800. The molecule has 1 aliphatic heterocycles. The van der Waals surface area contributed by atoms with Crippen LogP contribution in [0.3, 0.4) is 0 Å². The number of ether oxygens (including phenoxy) is 2. The maximum Gasteiger partial charge on any atom is 0.0636 e. The van der Waals surface area contributed by atoms with Crippen molar-refractivity contribution < 1.29 is 9.47 Å². The molecule has 2 nitrogen and oxygen atoms in total. The first-order chi connectivity index (χ1) is 10.5. The van der Waals surface area contributed by atoms with Crippen LogP contribution in [-0.2, 0) is 9.47 Å². The van der Waals surface area contributed by atoms with Crippen molar-refractivity contribution in [3.63, 3.8) is 0 Å². The van der Waals surface area contributed by atoms with E-state index in [-0.39, 0.29) is 0 Å². The summed E-state index contributed by atoms with van der Waals surface area (Å²) in [6.45, 7) is 10.4. The monoisotopic (exact) mass is 308 g/mol. The van der Waals surface area contributed by atoms with Gasteiger partial charge in [-0.3, -0.25) is 0 Å². The summed E-state index contributed by atoms with van der Waals surface area (Å²) >= 11 is 0. The SMILES string of the molecule is CC1CCC(COC2CC3CCC(C)OC3C(C)C2C)CC1. The van der Waals surface area contributed by atoms with E-state index in [0.717, 1.165) is 24.4 Å². The maximum atomic E-state index is 6.46. The molecule has 6 unspecified atom stereocenters. The summed E-state index contributed by atoms with van der Waals surface area (Å²) in [4.78, 5) is 0. The average Bonchev–Trinajstić information content (AvgIpc) is 2.52. The Morgan fingerprint density at radius 1 is 0.864 bits per heavy atom. The summed E-state index contributed by atoms with van der Waals surface area (Å²) in [6.07, 6.45) is 10.8. The molecule has 2 aliphatic carbocycles. The van der Waals surface area contributed by atoms with Crippen LogP contribution < -0.4 is 0 Å². The van der Waals surface area contributed by atoms with Gasteiger partial charge in [-0.1, -0.05) is 33.6 Å². The van der Waals surface area contributed by atoms with E-state index < -0.39 is 0 Å². The Balaban J connectivity index is 1.51. The summed E-state index contributed by atoms with van der Waals surface area (Å²) in [6, 6.07) is 0. The van der Waals surface area contributed by atoms with E-state index >= 15 is 0 Å². The first-order valence-electron chi connectivity index (χ1n) is 9.81. The minimum absolute atomic E-state index is 0.456. The predicted molar refractivity (Wildman–Crippen MR) is 90.9 cm³/mol. The van der Waals surface area contributed by atoms with Gasteiger partial charge in [0, 0.05) is 6.61 Å². The molecule has 22 heavy (non-hydrogen) atoms. The van der Waals surface area contributed by atoms with E-state index in [1.807, 2.05) is 0 Å². The van der Waals surface area contributed by atoms with Crippen LogP contribution in [0.4, 0.5) is 0 Å². The van der Waals surface area contributed by atoms with Crippen molar-refractivity contribution in [2.45, 2.75) is 91.0 Å². The number of fused-ring (bicyclic) bond motifs is 1. The highest BCUT2D eigenvalue weighted by atomic mass is 16.5. The summed E-state index contributed by atoms with van der Waals surface area (Å²) in [5, 5.41) is 0. The van der Waals surface area contributed by atoms with Crippen LogP contribution in [0, 0.1) is 29.6 Å². The molecule has 0 aromatic rings. The van der Waals surface area contributed by atoms with Crippen LogP contribution in [0.15, 0.2) is 0 Å². The van der Waals surface area contributed by atoms with Crippen LogP contribution >= 0.6 is 0 Å². The molecule has 0 aromatic heterocycles. The van der Waals surface area contributed by atoms with Gasteiger partial charge in [0.1, 0.15) is 0 Å². The zero-order valence-electron chi connectivity index (χ0n) is 15.1. The number of hydrogen-bond donors (Lipinski definition) is 0. The minimum atomic E-state index is 0.456. The van der Waals surface area contributed by atoms with Crippen molar-refractivity contribution in [1.82, 2.24) is 0 Å². The Labute approximate surface area is 137 Å². The Kier molecular flexibility index (Phi) is 5.50. The molecule has 2 heteroatoms. The fourth-order valence-corrected chi connectivity index (χ4v) is 4.99. The van der Waals surface area contributed by atoms with Crippen LogP contribution in [0.25, 0.3) is 0 Å². The molecule has 3 aliphatic rings. The van der Waals surface area contributed by atoms with Gasteiger partial charge in [0.2, 0.25) is 0 Å². The molecule has 1 heterocycles. The fraction of sp³-hybridized carbons (Fsp3) is 1.00. The Bertz CT molecular complexity index is 346. The lowest BCUT2D eigenvalue weighted by Gasteiger charge is -2.48. The topological polar surface area (TPSA) is 18.5 Å². The quantitative estimate of drug-likeness (QED) is 0.725. The average molecular weight is 309 g/mol. The third-order valence-electron chi connectivity index (χ3n) is 6.95. The van der Waals surface area contributed by atoms with Crippen molar-refractivity contribution >= 4 is 0 Å². The van der Waals surface area contributed by atoms with Gasteiger partial charge in [0.25, 0.3) is 0 Å². The highest BCUT2D eigenvalue weighted by Gasteiger charge is 2.44. The third kappa shape index (κ3) is 3.70. The molecule has 3 rings (SSSR count). The molecule has 0 aromatic carbocycles. The predicted octanol–water partition coefficient (Wildman–Crippen LogP) is 5.06. The molecule has 2 saturated carbocycles. The van der Waals surface area contributed by atoms with E-state index in [0.29, 0.717) is 30.1 Å². The molecule has 3 fully saturated rings. The summed E-state index contributed by atoms with van der Waals surface area (Å²) in [7, 11) is 0. The second-order valence-corrected chi connectivity index (χ2v) is 8.70. The molecule has 0 bridgehead atoms. The summed E-state index contributed by atoms with van der Waals surface area (Å²) < 4.78 is 12.7. The first-order valence-corrected chi connectivity index (χ1v) is 9.81. The highest BCUT2D eigenvalue weighted by Crippen LogP contribution is 2.43. The lowest BCUT2D eigenvalue weighted by atomic mass is 9.69. The fourth-order valence-electron chi connectivity index (χ4n) is 4.99. The normalized spacial score (nSPS) is 49.6. The van der Waals surface area contributed by atoms with Crippen molar-refractivity contribution in [3.05, 3.63) is 0 Å². The lowest BCUT2D eigenvalue weighted by molar-refractivity contribution is -0.166. The van der Waals surface area contributed by atoms with Gasteiger partial charge in [0.05, 0.1) is 18.3 Å². The molecule has 6 atom stereocenters. The van der Waals surface area contributed by atoms with Gasteiger partial charge in [0.15, 0.2) is 0 Å². The van der Waals surface area contributed by atoms with Crippen molar-refractivity contribution in [2.75, 3.05) is 6.61 Å². The first kappa shape index (κ1) is 16.8. The summed E-state index contributed by atoms with van der Waals surface area (Å²) in [5.74, 6) is 3.76. The van der Waals surface area contributed by atoms with E-state index in [9.17, 15) is 0 Å². The number of hydrogen-bond acceptors (Lipinski definition) is 2. The van der Waals surface area contributed by atoms with Crippen LogP contribution in [0.5, 0.6) is 0 Å². The van der Waals surface area contributed by atoms with E-state index in [2.05, 4.69) is 27.7 Å². The van der Waals surface area contributed by atoms with Gasteiger partial charge in [-0.2, -0.15) is 0 Å². The van der Waals surface area contributed by atoms with E-state index in [4.69, 9.17) is 9.47 Å².